The molecule has 0 unspecified atom stereocenters. The Hall–Kier alpha value is -6.95. The fourth-order valence-corrected chi connectivity index (χ4v) is 14.8. The molecule has 27 heteroatoms. The number of carboxylic acid groups (broad SMARTS) is 1. The maximum absolute atomic E-state index is 14.1. The Morgan fingerprint density at radius 1 is 0.500 bits per heavy atom. The van der Waals surface area contributed by atoms with Gasteiger partial charge < -0.3 is 74.4 Å². The van der Waals surface area contributed by atoms with Crippen molar-refractivity contribution in [2.45, 2.75) is 359 Å². The van der Waals surface area contributed by atoms with Crippen LogP contribution in [0.25, 0.3) is 0 Å². The third kappa shape index (κ3) is 35.8. The number of nitrogens with zero attached hydrogens (tertiary/aromatic N) is 2. The van der Waals surface area contributed by atoms with Gasteiger partial charge in [0.15, 0.2) is 16.6 Å². The molecule has 2 aromatic carbocycles. The lowest BCUT2D eigenvalue weighted by Crippen LogP contribution is -2.58. The Balaban J connectivity index is 0.000000925. The molecule has 25 nitrogen and oxygen atoms in total. The van der Waals surface area contributed by atoms with Crippen LogP contribution in [0.5, 0.6) is 0 Å². The summed E-state index contributed by atoms with van der Waals surface area (Å²) in [6.07, 6.45) is 0.749. The van der Waals surface area contributed by atoms with Gasteiger partial charge in [0, 0.05) is 13.1 Å². The second-order valence-electron chi connectivity index (χ2n) is 36.7. The van der Waals surface area contributed by atoms with Gasteiger partial charge >= 0.3 is 30.1 Å². The molecule has 640 valence electrons. The smallest absolute Gasteiger partial charge is 0.407 e. The quantitative estimate of drug-likeness (QED) is 0.0191. The highest BCUT2D eigenvalue weighted by Crippen LogP contribution is 2.40. The van der Waals surface area contributed by atoms with Crippen LogP contribution in [0, 0.1) is 35.5 Å². The molecule has 4 rings (SSSR count). The topological polar surface area (TPSA) is 333 Å². The van der Waals surface area contributed by atoms with E-state index in [0.29, 0.717) is 58.0 Å². The second kappa shape index (κ2) is 46.6. The van der Waals surface area contributed by atoms with Gasteiger partial charge in [0.05, 0.1) is 37.1 Å². The molecule has 2 heterocycles. The van der Waals surface area contributed by atoms with Crippen LogP contribution in [0.2, 0.25) is 36.3 Å². The van der Waals surface area contributed by atoms with Crippen molar-refractivity contribution in [1.29, 1.82) is 0 Å². The first kappa shape index (κ1) is 103. The first-order valence-corrected chi connectivity index (χ1v) is 46.0. The van der Waals surface area contributed by atoms with Gasteiger partial charge in [0.1, 0.15) is 60.7 Å². The molecule has 0 aromatic heterocycles. The summed E-state index contributed by atoms with van der Waals surface area (Å²) >= 11 is 0. The summed E-state index contributed by atoms with van der Waals surface area (Å²) in [5, 5.41) is 33.7. The zero-order valence-electron chi connectivity index (χ0n) is 72.7. The number of carboxylic acids is 1. The van der Waals surface area contributed by atoms with E-state index in [-0.39, 0.29) is 90.9 Å². The van der Waals surface area contributed by atoms with E-state index in [1.165, 1.54) is 9.80 Å². The first-order chi connectivity index (χ1) is 51.1. The Morgan fingerprint density at radius 2 is 0.848 bits per heavy atom. The summed E-state index contributed by atoms with van der Waals surface area (Å²) in [4.78, 5) is 133. The molecule has 7 N–H and O–H groups in total. The van der Waals surface area contributed by atoms with Crippen molar-refractivity contribution in [3.05, 3.63) is 71.8 Å². The van der Waals surface area contributed by atoms with Gasteiger partial charge in [0.25, 0.3) is 0 Å². The Kier molecular flexibility index (Phi) is 42.8. The van der Waals surface area contributed by atoms with Gasteiger partial charge in [-0.15, -0.1) is 0 Å². The number of aliphatic carboxylic acids is 1. The summed E-state index contributed by atoms with van der Waals surface area (Å²) in [6, 6.07) is 13.7. The van der Waals surface area contributed by atoms with Crippen molar-refractivity contribution in [2.24, 2.45) is 35.5 Å². The van der Waals surface area contributed by atoms with Crippen molar-refractivity contribution in [3.8, 4) is 0 Å². The lowest BCUT2D eigenvalue weighted by atomic mass is 9.92. The van der Waals surface area contributed by atoms with Crippen LogP contribution in [0.15, 0.2) is 60.7 Å². The number of aliphatic hydroxyl groups is 1. The number of carbonyl (C=O) groups excluding carboxylic acids is 9. The zero-order valence-corrected chi connectivity index (χ0v) is 74.7. The Labute approximate surface area is 674 Å². The number of esters is 2. The fourth-order valence-electron chi connectivity index (χ4n) is 12.1. The normalized spacial score (nSPS) is 17.5. The maximum atomic E-state index is 14.1. The molecule has 2 aliphatic rings. The molecule has 2 fully saturated rings. The minimum absolute atomic E-state index is 0. The summed E-state index contributed by atoms with van der Waals surface area (Å²) in [6.45, 7) is 55.9. The molecular formula is C85H149N7O18Si2. The van der Waals surface area contributed by atoms with Gasteiger partial charge in [-0.1, -0.05) is 206 Å². The lowest BCUT2D eigenvalue weighted by molar-refractivity contribution is -0.155. The van der Waals surface area contributed by atoms with E-state index >= 15 is 0 Å². The molecule has 2 saturated heterocycles. The summed E-state index contributed by atoms with van der Waals surface area (Å²) in [7, 11) is -4.67. The summed E-state index contributed by atoms with van der Waals surface area (Å²) in [5.74, 6) is -4.33. The third-order valence-electron chi connectivity index (χ3n) is 20.8. The standard InChI is InChI=1S/C42H72N4O8Si.C23H34N2O5.C19H39NO5Si.CH4/c1-15-29(6)36(45-40(51)53-41(7,8)9)33(54-55(13,14)42(10,11)12)25-34(47)44-35(28(4)5)37(48)43-31(24-27(2)3)38(49)46-23-19-22-32(46)39(50)52-26-30-20-17-16-18-21-30;1-15(2)13-18(24-21(27)20(26)16(3)4)22(28)25-12-8-11-19(25)23(29)30-14-17-9-6-5-7-10-17;1-11-13(2)16(20-17(23)24-18(3,4)5)14(12-15(21)22)25-26(9,10)19(6,7)8;/h16-18,20-21,27-29,31-33,35-36H,15,19,22-26H2,1-14H3,(H,43,48)(H,44,47)(H,45,51);5-7,9-10,15-16,18-20,26H,8,11-14H2,1-4H3,(H,24,27);13-14,16H,11-12H2,1-10H3,(H,20,23)(H,21,22);1H4/t29-,31-,32-,33-,35-,36+;18-,19-,20-;13-,14-,16+;/m000./s1. The molecule has 0 aliphatic carbocycles. The van der Waals surface area contributed by atoms with Crippen molar-refractivity contribution >= 4 is 76.3 Å². The van der Waals surface area contributed by atoms with E-state index in [9.17, 15) is 58.2 Å². The van der Waals surface area contributed by atoms with E-state index in [4.69, 9.17) is 27.8 Å². The number of carbonyl (C=O) groups is 10. The molecule has 2 aromatic rings. The molecule has 7 amide bonds. The lowest BCUT2D eigenvalue weighted by Gasteiger charge is -2.42. The van der Waals surface area contributed by atoms with Crippen LogP contribution < -0.4 is 26.6 Å². The number of alkyl carbamates (subject to hydrolysis) is 2. The summed E-state index contributed by atoms with van der Waals surface area (Å²) in [5.41, 5.74) is 0.401. The van der Waals surface area contributed by atoms with E-state index in [1.807, 2.05) is 130 Å². The predicted octanol–water partition coefficient (Wildman–Crippen LogP) is 14.8. The molecular weight excluding hydrogens is 1460 g/mol. The number of aliphatic hydroxyl groups excluding tert-OH is 1. The third-order valence-corrected chi connectivity index (χ3v) is 29.8. The number of likely N-dealkylation sites (tertiary alicyclic amines) is 2. The van der Waals surface area contributed by atoms with Gasteiger partial charge in [-0.2, -0.15) is 0 Å². The van der Waals surface area contributed by atoms with Crippen LogP contribution in [0.1, 0.15) is 249 Å². The van der Waals surface area contributed by atoms with E-state index in [1.54, 1.807) is 55.4 Å². The van der Waals surface area contributed by atoms with Crippen molar-refractivity contribution < 1.29 is 86.0 Å². The average Bonchev–Trinajstić information content (AvgIpc) is 1.42. The average molecular weight is 1610 g/mol. The highest BCUT2D eigenvalue weighted by atomic mass is 28.4. The number of nitrogens with one attached hydrogen (secondary N) is 5. The van der Waals surface area contributed by atoms with Crippen molar-refractivity contribution in [1.82, 2.24) is 36.4 Å². The first-order valence-electron chi connectivity index (χ1n) is 40.2. The van der Waals surface area contributed by atoms with E-state index in [0.717, 1.165) is 17.5 Å². The molecule has 0 bridgehead atoms. The molecule has 2 aliphatic heterocycles. The minimum Gasteiger partial charge on any atom is -0.481 e. The highest BCUT2D eigenvalue weighted by molar-refractivity contribution is 6.74. The van der Waals surface area contributed by atoms with Gasteiger partial charge in [0.2, 0.25) is 29.5 Å². The number of ether oxygens (including phenoxy) is 4. The molecule has 0 saturated carbocycles. The van der Waals surface area contributed by atoms with Gasteiger partial charge in [-0.3, -0.25) is 28.8 Å². The van der Waals surface area contributed by atoms with Crippen molar-refractivity contribution in [3.63, 3.8) is 0 Å². The largest absolute Gasteiger partial charge is 0.481 e. The monoisotopic (exact) mass is 1610 g/mol. The summed E-state index contributed by atoms with van der Waals surface area (Å²) < 4.78 is 35.3. The fraction of sp³-hybridized carbons (Fsp3) is 0.741. The Bertz CT molecular complexity index is 3260. The van der Waals surface area contributed by atoms with Gasteiger partial charge in [-0.25, -0.2) is 19.2 Å². The van der Waals surface area contributed by atoms with Crippen LogP contribution in [0.4, 0.5) is 9.59 Å². The molecule has 112 heavy (non-hydrogen) atoms. The second-order valence-corrected chi connectivity index (χ2v) is 46.2. The number of amides is 7. The number of benzene rings is 2. The van der Waals surface area contributed by atoms with Crippen LogP contribution in [-0.2, 0) is 79.4 Å². The zero-order chi connectivity index (χ0) is 85.1. The van der Waals surface area contributed by atoms with E-state index in [2.05, 4.69) is 94.3 Å². The SMILES string of the molecule is C.CC(C)C[C@H](NC(=O)[C@@H](O)C(C)C)C(=O)N1CCC[C@H]1C(=O)OCc1ccccc1.CC[C@H](C)[C@@H](NC(=O)OC(C)(C)C)[C@H](CC(=O)N[C@H](C(=O)N[C@@H](CC(C)C)C(=O)N1CCC[C@H]1C(=O)OCc1ccccc1)C(C)C)O[Si](C)(C)C(C)(C)C.CC[C@H](C)[C@@H](NC(=O)OC(C)(C)C)[C@H](CC(=O)O)O[Si](C)(C)C(C)(C)C. The van der Waals surface area contributed by atoms with Crippen LogP contribution in [0.3, 0.4) is 0 Å². The van der Waals surface area contributed by atoms with Crippen molar-refractivity contribution in [2.75, 3.05) is 13.1 Å². The highest BCUT2D eigenvalue weighted by Gasteiger charge is 2.47. The molecule has 12 atom stereocenters. The maximum Gasteiger partial charge on any atom is 0.407 e. The van der Waals surface area contributed by atoms with E-state index < -0.39 is 136 Å². The van der Waals surface area contributed by atoms with Gasteiger partial charge in [-0.05, 0) is 163 Å². The predicted molar refractivity (Wildman–Crippen MR) is 445 cm³/mol. The van der Waals surface area contributed by atoms with Crippen LogP contribution in [-0.4, -0.2) is 181 Å². The number of hydrogen-bond acceptors (Lipinski definition) is 17. The molecule has 0 radical (unpaired) electrons. The minimum atomic E-state index is -2.46. The Morgan fingerprint density at radius 3 is 1.15 bits per heavy atom. The number of rotatable bonds is 35. The molecule has 0 spiro atoms. The number of hydrogen-bond donors (Lipinski definition) is 7. The van der Waals surface area contributed by atoms with Crippen LogP contribution >= 0.6 is 0 Å².